The number of anilines is 2. The first-order valence-corrected chi connectivity index (χ1v) is 8.47. The Bertz CT molecular complexity index is 772. The number of allylic oxidation sites excluding steroid dienone is 2. The van der Waals surface area contributed by atoms with Gasteiger partial charge in [-0.25, -0.2) is 0 Å². The van der Waals surface area contributed by atoms with Crippen molar-refractivity contribution < 1.29 is 0 Å². The molecule has 0 aliphatic heterocycles. The zero-order valence-electron chi connectivity index (χ0n) is 15.0. The maximum atomic E-state index is 3.65. The van der Waals surface area contributed by atoms with Crippen LogP contribution >= 0.6 is 0 Å². The Morgan fingerprint density at radius 2 is 1.62 bits per heavy atom. The molecule has 3 rings (SSSR count). The smallest absolute Gasteiger partial charge is 0.0596 e. The van der Waals surface area contributed by atoms with Gasteiger partial charge in [0.05, 0.1) is 11.4 Å². The molecule has 124 valence electrons. The van der Waals surface area contributed by atoms with Gasteiger partial charge in [0.25, 0.3) is 0 Å². The number of para-hydroxylation sites is 2. The molecular weight excluding hydrogens is 292 g/mol. The second-order valence-electron chi connectivity index (χ2n) is 6.98. The summed E-state index contributed by atoms with van der Waals surface area (Å²) in [5.41, 5.74) is 6.43. The Labute approximate surface area is 145 Å². The summed E-state index contributed by atoms with van der Waals surface area (Å²) in [7, 11) is 4.16. The summed E-state index contributed by atoms with van der Waals surface area (Å²) >= 11 is 0. The van der Waals surface area contributed by atoms with Crippen LogP contribution in [0.1, 0.15) is 19.4 Å². The molecule has 1 aliphatic rings. The van der Waals surface area contributed by atoms with E-state index < -0.39 is 0 Å². The molecular formula is C22H26N2. The highest BCUT2D eigenvalue weighted by Crippen LogP contribution is 2.40. The Hall–Kier alpha value is -2.48. The minimum Gasteiger partial charge on any atom is -0.382 e. The lowest BCUT2D eigenvalue weighted by molar-refractivity contribution is 0.557. The summed E-state index contributed by atoms with van der Waals surface area (Å²) in [5.74, 6) is 0. The molecule has 2 heteroatoms. The fourth-order valence-electron chi connectivity index (χ4n) is 3.18. The SMILES string of the molecule is CC1=CC(c2ccccc2)=CC1(C)CNc1ccccc1N(C)C. The van der Waals surface area contributed by atoms with Crippen molar-refractivity contribution in [3.8, 4) is 0 Å². The van der Waals surface area contributed by atoms with Crippen LogP contribution in [0.2, 0.25) is 0 Å². The van der Waals surface area contributed by atoms with Crippen molar-refractivity contribution in [2.24, 2.45) is 5.41 Å². The zero-order valence-corrected chi connectivity index (χ0v) is 15.0. The lowest BCUT2D eigenvalue weighted by Gasteiger charge is -2.27. The molecule has 0 spiro atoms. The van der Waals surface area contributed by atoms with Crippen molar-refractivity contribution in [3.05, 3.63) is 77.9 Å². The van der Waals surface area contributed by atoms with Crippen LogP contribution in [-0.2, 0) is 0 Å². The first-order chi connectivity index (χ1) is 11.5. The van der Waals surface area contributed by atoms with E-state index in [1.165, 1.54) is 28.1 Å². The first-order valence-electron chi connectivity index (χ1n) is 8.47. The average Bonchev–Trinajstić information content (AvgIpc) is 2.90. The highest BCUT2D eigenvalue weighted by Gasteiger charge is 2.29. The second-order valence-corrected chi connectivity index (χ2v) is 6.98. The Balaban J connectivity index is 1.81. The topological polar surface area (TPSA) is 15.3 Å². The van der Waals surface area contributed by atoms with Gasteiger partial charge in [0.2, 0.25) is 0 Å². The molecule has 1 N–H and O–H groups in total. The second kappa shape index (κ2) is 6.56. The molecule has 1 unspecified atom stereocenters. The lowest BCUT2D eigenvalue weighted by atomic mass is 9.85. The maximum absolute atomic E-state index is 3.65. The van der Waals surface area contributed by atoms with Gasteiger partial charge in [-0.3, -0.25) is 0 Å². The van der Waals surface area contributed by atoms with Gasteiger partial charge in [0.15, 0.2) is 0 Å². The highest BCUT2D eigenvalue weighted by atomic mass is 15.1. The molecule has 1 atom stereocenters. The van der Waals surface area contributed by atoms with Crippen LogP contribution in [0.15, 0.2) is 72.3 Å². The van der Waals surface area contributed by atoms with Crippen molar-refractivity contribution in [1.29, 1.82) is 0 Å². The van der Waals surface area contributed by atoms with E-state index >= 15 is 0 Å². The third-order valence-corrected chi connectivity index (χ3v) is 4.89. The molecule has 2 aromatic rings. The molecule has 1 aliphatic carbocycles. The van der Waals surface area contributed by atoms with Crippen LogP contribution in [0.4, 0.5) is 11.4 Å². The fraction of sp³-hybridized carbons (Fsp3) is 0.273. The number of hydrogen-bond donors (Lipinski definition) is 1. The van der Waals surface area contributed by atoms with E-state index in [9.17, 15) is 0 Å². The third kappa shape index (κ3) is 3.23. The van der Waals surface area contributed by atoms with Crippen molar-refractivity contribution in [1.82, 2.24) is 0 Å². The summed E-state index contributed by atoms with van der Waals surface area (Å²) in [4.78, 5) is 2.15. The highest BCUT2D eigenvalue weighted by molar-refractivity contribution is 5.79. The normalized spacial score (nSPS) is 19.7. The summed E-state index contributed by atoms with van der Waals surface area (Å²) in [5, 5.41) is 3.65. The Morgan fingerprint density at radius 3 is 2.33 bits per heavy atom. The molecule has 0 saturated heterocycles. The lowest BCUT2D eigenvalue weighted by Crippen LogP contribution is -2.25. The van der Waals surface area contributed by atoms with E-state index in [4.69, 9.17) is 0 Å². The molecule has 0 amide bonds. The van der Waals surface area contributed by atoms with Gasteiger partial charge in [-0.1, -0.05) is 67.1 Å². The van der Waals surface area contributed by atoms with Gasteiger partial charge in [-0.05, 0) is 30.2 Å². The van der Waals surface area contributed by atoms with Gasteiger partial charge in [0, 0.05) is 26.1 Å². The molecule has 24 heavy (non-hydrogen) atoms. The molecule has 0 fully saturated rings. The third-order valence-electron chi connectivity index (χ3n) is 4.89. The minimum atomic E-state index is 0.0323. The van der Waals surface area contributed by atoms with E-state index in [2.05, 4.69) is 105 Å². The van der Waals surface area contributed by atoms with Gasteiger partial charge in [-0.15, -0.1) is 0 Å². The predicted molar refractivity (Wildman–Crippen MR) is 106 cm³/mol. The number of nitrogens with zero attached hydrogens (tertiary/aromatic N) is 1. The summed E-state index contributed by atoms with van der Waals surface area (Å²) < 4.78 is 0. The molecule has 0 radical (unpaired) electrons. The number of hydrogen-bond acceptors (Lipinski definition) is 2. The summed E-state index contributed by atoms with van der Waals surface area (Å²) in [6.45, 7) is 5.42. The molecule has 2 nitrogen and oxygen atoms in total. The predicted octanol–water partition coefficient (Wildman–Crippen LogP) is 5.21. The fourth-order valence-corrected chi connectivity index (χ4v) is 3.18. The van der Waals surface area contributed by atoms with Gasteiger partial charge in [0.1, 0.15) is 0 Å². The zero-order chi connectivity index (χ0) is 17.2. The Kier molecular flexibility index (Phi) is 4.48. The van der Waals surface area contributed by atoms with E-state index in [-0.39, 0.29) is 5.41 Å². The number of rotatable bonds is 5. The van der Waals surface area contributed by atoms with Crippen LogP contribution in [0.5, 0.6) is 0 Å². The maximum Gasteiger partial charge on any atom is 0.0596 e. The molecule has 2 aromatic carbocycles. The number of benzene rings is 2. The van der Waals surface area contributed by atoms with Crippen molar-refractivity contribution in [3.63, 3.8) is 0 Å². The quantitative estimate of drug-likeness (QED) is 0.813. The van der Waals surface area contributed by atoms with Crippen LogP contribution < -0.4 is 10.2 Å². The Morgan fingerprint density at radius 1 is 0.958 bits per heavy atom. The monoisotopic (exact) mass is 318 g/mol. The van der Waals surface area contributed by atoms with Crippen molar-refractivity contribution in [2.45, 2.75) is 13.8 Å². The van der Waals surface area contributed by atoms with Crippen LogP contribution in [0.3, 0.4) is 0 Å². The average molecular weight is 318 g/mol. The molecule has 0 heterocycles. The molecule has 0 bridgehead atoms. The van der Waals surface area contributed by atoms with Gasteiger partial charge < -0.3 is 10.2 Å². The van der Waals surface area contributed by atoms with E-state index in [0.717, 1.165) is 6.54 Å². The number of nitrogens with one attached hydrogen (secondary N) is 1. The van der Waals surface area contributed by atoms with E-state index in [1.54, 1.807) is 0 Å². The summed E-state index contributed by atoms with van der Waals surface area (Å²) in [6.07, 6.45) is 4.71. The van der Waals surface area contributed by atoms with Gasteiger partial charge in [-0.2, -0.15) is 0 Å². The molecule has 0 saturated carbocycles. The van der Waals surface area contributed by atoms with Crippen molar-refractivity contribution in [2.75, 3.05) is 30.9 Å². The van der Waals surface area contributed by atoms with Gasteiger partial charge >= 0.3 is 0 Å². The van der Waals surface area contributed by atoms with Crippen molar-refractivity contribution >= 4 is 16.9 Å². The minimum absolute atomic E-state index is 0.0323. The molecule has 0 aromatic heterocycles. The van der Waals surface area contributed by atoms with E-state index in [0.29, 0.717) is 0 Å². The first kappa shape index (κ1) is 16.4. The van der Waals surface area contributed by atoms with Crippen LogP contribution in [-0.4, -0.2) is 20.6 Å². The van der Waals surface area contributed by atoms with Crippen LogP contribution in [0.25, 0.3) is 5.57 Å². The van der Waals surface area contributed by atoms with Crippen LogP contribution in [0, 0.1) is 5.41 Å². The largest absolute Gasteiger partial charge is 0.382 e. The standard InChI is InChI=1S/C22H26N2/c1-17-14-19(18-10-6-5-7-11-18)15-22(17,2)16-23-20-12-8-9-13-21(20)24(3)4/h5-15,23H,16H2,1-4H3. The summed E-state index contributed by atoms with van der Waals surface area (Å²) in [6, 6.07) is 19.1. The van der Waals surface area contributed by atoms with E-state index in [1.807, 2.05) is 0 Å².